The molecule has 2 aromatic heterocycles. The van der Waals surface area contributed by atoms with Crippen molar-refractivity contribution in [1.82, 2.24) is 24.8 Å². The number of anilines is 2. The lowest BCUT2D eigenvalue weighted by Crippen LogP contribution is -2.54. The third kappa shape index (κ3) is 3.49. The highest BCUT2D eigenvalue weighted by Crippen LogP contribution is 2.40. The molecule has 1 spiro atoms. The fourth-order valence-electron chi connectivity index (χ4n) is 4.25. The van der Waals surface area contributed by atoms with Gasteiger partial charge in [0.05, 0.1) is 6.33 Å². The van der Waals surface area contributed by atoms with Gasteiger partial charge in [-0.3, -0.25) is 4.79 Å². The number of hydrogen-bond donors (Lipinski definition) is 2. The van der Waals surface area contributed by atoms with Crippen molar-refractivity contribution in [3.05, 3.63) is 30.6 Å². The first kappa shape index (κ1) is 16.8. The second-order valence-electron chi connectivity index (χ2n) is 7.47. The Morgan fingerprint density at radius 3 is 3.00 bits per heavy atom. The van der Waals surface area contributed by atoms with Crippen molar-refractivity contribution in [3.63, 3.8) is 0 Å². The number of nitrogens with zero attached hydrogens (tertiary/aromatic N) is 5. The summed E-state index contributed by atoms with van der Waals surface area (Å²) in [6, 6.07) is 1.84. The number of H-pyrrole nitrogens is 1. The van der Waals surface area contributed by atoms with E-state index in [0.29, 0.717) is 12.2 Å². The zero-order valence-electron chi connectivity index (χ0n) is 14.9. The highest BCUT2D eigenvalue weighted by molar-refractivity contribution is 5.77. The number of imidazole rings is 1. The summed E-state index contributed by atoms with van der Waals surface area (Å²) in [6.45, 7) is 3.44. The monoisotopic (exact) mass is 355 g/mol. The molecule has 8 heteroatoms. The Labute approximate surface area is 152 Å². The van der Waals surface area contributed by atoms with E-state index in [-0.39, 0.29) is 11.3 Å². The SMILES string of the molecule is Nc1cc(N2CCC[C@]3(CCC(=O)N(CCc4cnc[nH]4)C3)C2)ncn1. The van der Waals surface area contributed by atoms with Crippen molar-refractivity contribution in [2.45, 2.75) is 32.1 Å². The van der Waals surface area contributed by atoms with Gasteiger partial charge in [-0.2, -0.15) is 0 Å². The summed E-state index contributed by atoms with van der Waals surface area (Å²) in [4.78, 5) is 32.3. The van der Waals surface area contributed by atoms with Gasteiger partial charge in [-0.25, -0.2) is 15.0 Å². The molecule has 2 aliphatic heterocycles. The van der Waals surface area contributed by atoms with E-state index in [0.717, 1.165) is 63.4 Å². The minimum Gasteiger partial charge on any atom is -0.384 e. The van der Waals surface area contributed by atoms with E-state index >= 15 is 0 Å². The Morgan fingerprint density at radius 2 is 2.19 bits per heavy atom. The maximum absolute atomic E-state index is 12.4. The molecule has 0 radical (unpaired) electrons. The van der Waals surface area contributed by atoms with Gasteiger partial charge < -0.3 is 20.5 Å². The summed E-state index contributed by atoms with van der Waals surface area (Å²) in [5.41, 5.74) is 7.03. The van der Waals surface area contributed by atoms with E-state index in [2.05, 4.69) is 24.8 Å². The Balaban J connectivity index is 1.45. The average molecular weight is 355 g/mol. The number of piperidine rings is 2. The minimum absolute atomic E-state index is 0.139. The first-order valence-corrected chi connectivity index (χ1v) is 9.21. The van der Waals surface area contributed by atoms with Gasteiger partial charge in [0.25, 0.3) is 0 Å². The van der Waals surface area contributed by atoms with Crippen LogP contribution in [0.3, 0.4) is 0 Å². The number of nitrogens with two attached hydrogens (primary N) is 1. The molecular formula is C18H25N7O. The van der Waals surface area contributed by atoms with E-state index in [9.17, 15) is 4.79 Å². The summed E-state index contributed by atoms with van der Waals surface area (Å²) < 4.78 is 0. The number of likely N-dealkylation sites (tertiary alicyclic amines) is 1. The van der Waals surface area contributed by atoms with Gasteiger partial charge in [-0.05, 0) is 19.3 Å². The molecule has 0 aromatic carbocycles. The summed E-state index contributed by atoms with van der Waals surface area (Å²) in [5, 5.41) is 0. The molecule has 1 amide bonds. The lowest BCUT2D eigenvalue weighted by molar-refractivity contribution is -0.137. The number of carbonyl (C=O) groups is 1. The van der Waals surface area contributed by atoms with Crippen LogP contribution < -0.4 is 10.6 Å². The van der Waals surface area contributed by atoms with Gasteiger partial charge in [0.15, 0.2) is 0 Å². The summed E-state index contributed by atoms with van der Waals surface area (Å²) in [6.07, 6.45) is 9.67. The van der Waals surface area contributed by atoms with Crippen molar-refractivity contribution in [1.29, 1.82) is 0 Å². The molecule has 2 aliphatic rings. The summed E-state index contributed by atoms with van der Waals surface area (Å²) >= 11 is 0. The second-order valence-corrected chi connectivity index (χ2v) is 7.47. The van der Waals surface area contributed by atoms with Crippen LogP contribution in [-0.4, -0.2) is 56.9 Å². The zero-order chi connectivity index (χ0) is 18.0. The molecule has 0 unspecified atom stereocenters. The van der Waals surface area contributed by atoms with Crippen LogP contribution in [0.15, 0.2) is 24.9 Å². The van der Waals surface area contributed by atoms with Crippen LogP contribution in [0, 0.1) is 5.41 Å². The molecule has 4 heterocycles. The van der Waals surface area contributed by atoms with E-state index in [1.165, 1.54) is 6.33 Å². The molecule has 8 nitrogen and oxygen atoms in total. The molecule has 3 N–H and O–H groups in total. The number of carbonyl (C=O) groups excluding carboxylic acids is 1. The molecule has 2 saturated heterocycles. The first-order valence-electron chi connectivity index (χ1n) is 9.21. The molecule has 4 rings (SSSR count). The molecule has 0 saturated carbocycles. The number of rotatable bonds is 4. The predicted octanol–water partition coefficient (Wildman–Crippen LogP) is 1.23. The van der Waals surface area contributed by atoms with Crippen molar-refractivity contribution in [2.24, 2.45) is 5.41 Å². The highest BCUT2D eigenvalue weighted by Gasteiger charge is 2.41. The molecule has 2 aromatic rings. The van der Waals surface area contributed by atoms with Crippen LogP contribution in [0.2, 0.25) is 0 Å². The average Bonchev–Trinajstić information content (AvgIpc) is 3.17. The van der Waals surface area contributed by atoms with E-state index in [4.69, 9.17) is 5.73 Å². The van der Waals surface area contributed by atoms with Crippen molar-refractivity contribution >= 4 is 17.5 Å². The lowest BCUT2D eigenvalue weighted by Gasteiger charge is -2.48. The van der Waals surface area contributed by atoms with Gasteiger partial charge in [-0.1, -0.05) is 0 Å². The molecule has 2 fully saturated rings. The van der Waals surface area contributed by atoms with E-state index in [1.54, 1.807) is 6.33 Å². The Morgan fingerprint density at radius 1 is 1.27 bits per heavy atom. The van der Waals surface area contributed by atoms with Crippen molar-refractivity contribution in [2.75, 3.05) is 36.8 Å². The summed E-state index contributed by atoms with van der Waals surface area (Å²) in [7, 11) is 0. The van der Waals surface area contributed by atoms with Crippen LogP contribution in [0.1, 0.15) is 31.4 Å². The van der Waals surface area contributed by atoms with Crippen LogP contribution in [0.5, 0.6) is 0 Å². The lowest BCUT2D eigenvalue weighted by atomic mass is 9.73. The van der Waals surface area contributed by atoms with Gasteiger partial charge in [0.2, 0.25) is 5.91 Å². The number of amides is 1. The van der Waals surface area contributed by atoms with Crippen molar-refractivity contribution < 1.29 is 4.79 Å². The molecule has 1 atom stereocenters. The first-order chi connectivity index (χ1) is 12.6. The summed E-state index contributed by atoms with van der Waals surface area (Å²) in [5.74, 6) is 1.64. The third-order valence-corrected chi connectivity index (χ3v) is 5.61. The molecular weight excluding hydrogens is 330 g/mol. The highest BCUT2D eigenvalue weighted by atomic mass is 16.2. The third-order valence-electron chi connectivity index (χ3n) is 5.61. The van der Waals surface area contributed by atoms with Crippen LogP contribution >= 0.6 is 0 Å². The maximum atomic E-state index is 12.4. The fourth-order valence-corrected chi connectivity index (χ4v) is 4.25. The van der Waals surface area contributed by atoms with Gasteiger partial charge in [-0.15, -0.1) is 0 Å². The number of hydrogen-bond acceptors (Lipinski definition) is 6. The second kappa shape index (κ2) is 6.93. The van der Waals surface area contributed by atoms with Gasteiger partial charge in [0, 0.05) is 62.4 Å². The van der Waals surface area contributed by atoms with Crippen LogP contribution in [0.4, 0.5) is 11.6 Å². The zero-order valence-corrected chi connectivity index (χ0v) is 14.9. The Kier molecular flexibility index (Phi) is 4.48. The number of nitrogen functional groups attached to an aromatic ring is 1. The normalized spacial score (nSPS) is 23.6. The maximum Gasteiger partial charge on any atom is 0.222 e. The molecule has 0 aliphatic carbocycles. The minimum atomic E-state index is 0.139. The smallest absolute Gasteiger partial charge is 0.222 e. The fraction of sp³-hybridized carbons (Fsp3) is 0.556. The molecule has 26 heavy (non-hydrogen) atoms. The Hall–Kier alpha value is -2.64. The predicted molar refractivity (Wildman–Crippen MR) is 98.4 cm³/mol. The number of aromatic nitrogens is 4. The Bertz CT molecular complexity index is 763. The quantitative estimate of drug-likeness (QED) is 0.855. The van der Waals surface area contributed by atoms with Crippen LogP contribution in [0.25, 0.3) is 0 Å². The standard InChI is InChI=1S/C18H25N7O/c19-15-8-16(23-13-22-15)24-6-1-4-18(10-24)5-2-17(26)25(11-18)7-3-14-9-20-12-21-14/h8-9,12-13H,1-7,10-11H2,(H,20,21)(H2,19,22,23)/t18-/m0/s1. The van der Waals surface area contributed by atoms with Crippen molar-refractivity contribution in [3.8, 4) is 0 Å². The molecule has 0 bridgehead atoms. The van der Waals surface area contributed by atoms with E-state index < -0.39 is 0 Å². The topological polar surface area (TPSA) is 104 Å². The number of nitrogens with one attached hydrogen (secondary N) is 1. The van der Waals surface area contributed by atoms with Gasteiger partial charge in [0.1, 0.15) is 18.0 Å². The van der Waals surface area contributed by atoms with Gasteiger partial charge >= 0.3 is 0 Å². The number of aromatic amines is 1. The van der Waals surface area contributed by atoms with Crippen LogP contribution in [-0.2, 0) is 11.2 Å². The molecule has 138 valence electrons. The van der Waals surface area contributed by atoms with E-state index in [1.807, 2.05) is 17.2 Å². The largest absolute Gasteiger partial charge is 0.384 e.